The normalized spacial score (nSPS) is 12.9. The van der Waals surface area contributed by atoms with Crippen molar-refractivity contribution >= 4 is 17.5 Å². The number of amides is 1. The van der Waals surface area contributed by atoms with Crippen molar-refractivity contribution in [2.75, 3.05) is 13.7 Å². The third-order valence-electron chi connectivity index (χ3n) is 5.34. The Hall–Kier alpha value is -3.86. The van der Waals surface area contributed by atoms with Gasteiger partial charge in [0.15, 0.2) is 0 Å². The van der Waals surface area contributed by atoms with Crippen molar-refractivity contribution < 1.29 is 22.7 Å². The molecule has 4 aromatic rings. The molecule has 1 N–H and O–H groups in total. The van der Waals surface area contributed by atoms with Crippen molar-refractivity contribution in [3.05, 3.63) is 76.5 Å². The number of ether oxygens (including phenoxy) is 1. The first-order valence-electron chi connectivity index (χ1n) is 9.99. The third-order valence-corrected chi connectivity index (χ3v) is 5.55. The largest absolute Gasteiger partial charge is 0.481 e. The zero-order chi connectivity index (χ0) is 24.5. The molecule has 9 nitrogen and oxygen atoms in total. The molecule has 34 heavy (non-hydrogen) atoms. The summed E-state index contributed by atoms with van der Waals surface area (Å²) in [5, 5.41) is 14.7. The predicted octanol–water partition coefficient (Wildman–Crippen LogP) is 3.54. The maximum Gasteiger partial charge on any atom is 0.308 e. The molecule has 1 aromatic carbocycles. The van der Waals surface area contributed by atoms with E-state index in [1.807, 2.05) is 6.92 Å². The van der Waals surface area contributed by atoms with Gasteiger partial charge >= 0.3 is 11.8 Å². The molecule has 0 radical (unpaired) electrons. The number of rotatable bonds is 7. The van der Waals surface area contributed by atoms with Gasteiger partial charge in [0.05, 0.1) is 30.0 Å². The number of carbonyl (C=O) groups is 1. The van der Waals surface area contributed by atoms with Crippen molar-refractivity contribution in [2.45, 2.75) is 12.3 Å². The van der Waals surface area contributed by atoms with Crippen molar-refractivity contribution in [2.24, 2.45) is 7.05 Å². The maximum absolute atomic E-state index is 14.0. The zero-order valence-corrected chi connectivity index (χ0v) is 19.1. The highest BCUT2D eigenvalue weighted by Crippen LogP contribution is 2.36. The number of methoxy groups -OCH3 is 1. The Morgan fingerprint density at radius 1 is 1.26 bits per heavy atom. The number of carbonyl (C=O) groups excluding carboxylic acids is 1. The first-order chi connectivity index (χ1) is 16.2. The lowest BCUT2D eigenvalue weighted by Gasteiger charge is -2.29. The Bertz CT molecular complexity index is 1360. The zero-order valence-electron chi connectivity index (χ0n) is 18.3. The van der Waals surface area contributed by atoms with Crippen LogP contribution in [0.1, 0.15) is 28.9 Å². The summed E-state index contributed by atoms with van der Waals surface area (Å²) in [6.45, 7) is 1.88. The van der Waals surface area contributed by atoms with Crippen LogP contribution in [0, 0.1) is 11.6 Å². The smallest absolute Gasteiger partial charge is 0.308 e. The Balaban J connectivity index is 1.62. The second-order valence-corrected chi connectivity index (χ2v) is 7.98. The number of benzene rings is 1. The van der Waals surface area contributed by atoms with Crippen LogP contribution in [0.15, 0.2) is 47.0 Å². The van der Waals surface area contributed by atoms with Gasteiger partial charge in [0.2, 0.25) is 5.88 Å². The van der Waals surface area contributed by atoms with Gasteiger partial charge in [-0.2, -0.15) is 5.10 Å². The van der Waals surface area contributed by atoms with Gasteiger partial charge in [-0.05, 0) is 31.2 Å². The van der Waals surface area contributed by atoms with Crippen molar-refractivity contribution in [3.63, 3.8) is 0 Å². The molecule has 0 bridgehead atoms. The van der Waals surface area contributed by atoms with Crippen LogP contribution in [0.2, 0.25) is 5.15 Å². The molecule has 3 heterocycles. The second-order valence-electron chi connectivity index (χ2n) is 7.59. The van der Waals surface area contributed by atoms with Crippen LogP contribution in [-0.4, -0.2) is 44.5 Å². The molecule has 4 rings (SSSR count). The average molecular weight is 489 g/mol. The minimum absolute atomic E-state index is 0.0316. The highest BCUT2D eigenvalue weighted by atomic mass is 35.5. The quantitative estimate of drug-likeness (QED) is 0.396. The molecule has 176 valence electrons. The number of hydrogen-bond acceptors (Lipinski definition) is 7. The molecule has 0 spiro atoms. The van der Waals surface area contributed by atoms with E-state index in [0.717, 1.165) is 12.1 Å². The Morgan fingerprint density at radius 2 is 2.06 bits per heavy atom. The van der Waals surface area contributed by atoms with Gasteiger partial charge in [-0.25, -0.2) is 18.4 Å². The van der Waals surface area contributed by atoms with E-state index in [4.69, 9.17) is 20.8 Å². The number of hydrogen-bond donors (Lipinski definition) is 1. The molecule has 0 saturated carbocycles. The van der Waals surface area contributed by atoms with Gasteiger partial charge in [-0.1, -0.05) is 17.7 Å². The van der Waals surface area contributed by atoms with E-state index in [-0.39, 0.29) is 23.2 Å². The summed E-state index contributed by atoms with van der Waals surface area (Å²) in [6.07, 6.45) is 1.62. The summed E-state index contributed by atoms with van der Waals surface area (Å²) in [5.41, 5.74) is 0.186. The molecule has 1 amide bonds. The molecule has 0 aliphatic heterocycles. The molecule has 0 fully saturated rings. The van der Waals surface area contributed by atoms with Crippen LogP contribution >= 0.6 is 11.6 Å². The lowest BCUT2D eigenvalue weighted by atomic mass is 9.80. The van der Waals surface area contributed by atoms with Crippen LogP contribution in [0.25, 0.3) is 11.5 Å². The van der Waals surface area contributed by atoms with Crippen LogP contribution in [0.4, 0.5) is 8.78 Å². The standard InChI is InChI=1S/C22H19ClF2N6O3/c1-22(16-5-4-6-17(23)28-16,14-10-27-31(2)21(14)33-3)11-26-18(32)20-30-29-19(34-20)13-8-7-12(24)9-15(13)25/h4-10H,11H2,1-3H3,(H,26,32). The molecule has 1 atom stereocenters. The van der Waals surface area contributed by atoms with Crippen molar-refractivity contribution in [3.8, 4) is 17.3 Å². The minimum Gasteiger partial charge on any atom is -0.481 e. The first-order valence-corrected chi connectivity index (χ1v) is 10.4. The van der Waals surface area contributed by atoms with Gasteiger partial charge < -0.3 is 14.5 Å². The number of aromatic nitrogens is 5. The monoisotopic (exact) mass is 488 g/mol. The topological polar surface area (TPSA) is 108 Å². The second kappa shape index (κ2) is 9.18. The Kier molecular flexibility index (Phi) is 6.29. The summed E-state index contributed by atoms with van der Waals surface area (Å²) >= 11 is 6.12. The fourth-order valence-electron chi connectivity index (χ4n) is 3.51. The molecule has 3 aromatic heterocycles. The molecule has 0 aliphatic rings. The fourth-order valence-corrected chi connectivity index (χ4v) is 3.67. The van der Waals surface area contributed by atoms with Gasteiger partial charge in [0, 0.05) is 25.2 Å². The van der Waals surface area contributed by atoms with E-state index < -0.39 is 28.8 Å². The van der Waals surface area contributed by atoms with Crippen LogP contribution in [0.3, 0.4) is 0 Å². The lowest BCUT2D eigenvalue weighted by Crippen LogP contribution is -2.40. The van der Waals surface area contributed by atoms with Gasteiger partial charge in [0.1, 0.15) is 16.8 Å². The molecule has 0 saturated heterocycles. The highest BCUT2D eigenvalue weighted by Gasteiger charge is 2.37. The fraction of sp³-hybridized carbons (Fsp3) is 0.227. The maximum atomic E-state index is 14.0. The number of nitrogens with zero attached hydrogens (tertiary/aromatic N) is 5. The van der Waals surface area contributed by atoms with E-state index in [1.54, 1.807) is 36.1 Å². The van der Waals surface area contributed by atoms with E-state index >= 15 is 0 Å². The lowest BCUT2D eigenvalue weighted by molar-refractivity contribution is 0.0912. The number of nitrogens with one attached hydrogen (secondary N) is 1. The molecular weight excluding hydrogens is 470 g/mol. The number of pyridine rings is 1. The first kappa shape index (κ1) is 23.3. The van der Waals surface area contributed by atoms with Crippen LogP contribution < -0.4 is 10.1 Å². The van der Waals surface area contributed by atoms with E-state index in [9.17, 15) is 13.6 Å². The summed E-state index contributed by atoms with van der Waals surface area (Å²) in [4.78, 5) is 17.2. The summed E-state index contributed by atoms with van der Waals surface area (Å²) in [7, 11) is 3.24. The molecule has 12 heteroatoms. The van der Waals surface area contributed by atoms with Crippen LogP contribution in [-0.2, 0) is 12.5 Å². The summed E-state index contributed by atoms with van der Waals surface area (Å²) in [5.74, 6) is -2.51. The SMILES string of the molecule is COc1c(C(C)(CNC(=O)c2nnc(-c3ccc(F)cc3F)o2)c2cccc(Cl)n2)cnn1C. The Labute approximate surface area is 197 Å². The molecular formula is C22H19ClF2N6O3. The van der Waals surface area contributed by atoms with Gasteiger partial charge in [-0.3, -0.25) is 4.79 Å². The van der Waals surface area contributed by atoms with E-state index in [0.29, 0.717) is 23.2 Å². The molecule has 0 aliphatic carbocycles. The highest BCUT2D eigenvalue weighted by molar-refractivity contribution is 6.29. The van der Waals surface area contributed by atoms with Crippen molar-refractivity contribution in [1.29, 1.82) is 0 Å². The third kappa shape index (κ3) is 4.34. The number of halogens is 3. The minimum atomic E-state index is -0.911. The van der Waals surface area contributed by atoms with Gasteiger partial charge in [-0.15, -0.1) is 10.2 Å². The predicted molar refractivity (Wildman–Crippen MR) is 117 cm³/mol. The Morgan fingerprint density at radius 3 is 2.76 bits per heavy atom. The van der Waals surface area contributed by atoms with E-state index in [1.165, 1.54) is 7.11 Å². The molecule has 1 unspecified atom stereocenters. The number of aryl methyl sites for hydroxylation is 1. The summed E-state index contributed by atoms with van der Waals surface area (Å²) in [6, 6.07) is 8.04. The van der Waals surface area contributed by atoms with Gasteiger partial charge in [0.25, 0.3) is 5.89 Å². The van der Waals surface area contributed by atoms with E-state index in [2.05, 4.69) is 25.6 Å². The summed E-state index contributed by atoms with van der Waals surface area (Å²) < 4.78 is 39.6. The van der Waals surface area contributed by atoms with Crippen molar-refractivity contribution in [1.82, 2.24) is 30.3 Å². The van der Waals surface area contributed by atoms with Crippen LogP contribution in [0.5, 0.6) is 5.88 Å². The average Bonchev–Trinajstić information content (AvgIpc) is 3.44.